The zero-order valence-electron chi connectivity index (χ0n) is 13.2. The van der Waals surface area contributed by atoms with Gasteiger partial charge in [-0.3, -0.25) is 0 Å². The molecule has 0 saturated heterocycles. The van der Waals surface area contributed by atoms with E-state index in [0.717, 1.165) is 18.4 Å². The van der Waals surface area contributed by atoms with Crippen LogP contribution in [-0.4, -0.2) is 18.9 Å². The summed E-state index contributed by atoms with van der Waals surface area (Å²) in [5, 5.41) is 0.455. The maximum atomic E-state index is 13.0. The Labute approximate surface area is 147 Å². The van der Waals surface area contributed by atoms with E-state index in [0.29, 0.717) is 10.8 Å². The molecule has 0 radical (unpaired) electrons. The topological polar surface area (TPSA) is 61.8 Å². The fraction of sp³-hybridized carbons (Fsp3) is 0.278. The van der Waals surface area contributed by atoms with Crippen LogP contribution in [0.4, 0.5) is 0 Å². The van der Waals surface area contributed by atoms with Gasteiger partial charge >= 0.3 is 11.4 Å². The van der Waals surface area contributed by atoms with Crippen LogP contribution in [0.25, 0.3) is 5.69 Å². The van der Waals surface area contributed by atoms with Gasteiger partial charge in [0.1, 0.15) is 5.15 Å². The van der Waals surface area contributed by atoms with Gasteiger partial charge in [0, 0.05) is 12.1 Å². The highest BCUT2D eigenvalue weighted by atomic mass is 35.5. The summed E-state index contributed by atoms with van der Waals surface area (Å²) in [6, 6.07) is 12.8. The number of halogens is 1. The molecule has 2 aliphatic rings. The first-order valence-electron chi connectivity index (χ1n) is 8.28. The highest BCUT2D eigenvalue weighted by Gasteiger charge is 2.47. The first kappa shape index (κ1) is 14.7. The first-order valence-corrected chi connectivity index (χ1v) is 8.66. The quantitative estimate of drug-likeness (QED) is 0.664. The molecule has 3 atom stereocenters. The lowest BCUT2D eigenvalue weighted by Crippen LogP contribution is -2.31. The predicted octanol–water partition coefficient (Wildman–Crippen LogP) is 2.52. The van der Waals surface area contributed by atoms with Crippen molar-refractivity contribution in [3.8, 4) is 5.69 Å². The van der Waals surface area contributed by atoms with E-state index in [9.17, 15) is 9.59 Å². The third-order valence-electron chi connectivity index (χ3n) is 5.36. The van der Waals surface area contributed by atoms with Gasteiger partial charge in [-0.05, 0) is 36.6 Å². The normalized spacial score (nSPS) is 23.8. The predicted molar refractivity (Wildman–Crippen MR) is 93.6 cm³/mol. The third kappa shape index (κ3) is 2.00. The molecule has 0 spiro atoms. The van der Waals surface area contributed by atoms with E-state index >= 15 is 0 Å². The zero-order chi connectivity index (χ0) is 17.1. The highest BCUT2D eigenvalue weighted by molar-refractivity contribution is 6.29. The van der Waals surface area contributed by atoms with E-state index < -0.39 is 0 Å². The summed E-state index contributed by atoms with van der Waals surface area (Å²) in [6.07, 6.45) is 3.43. The second kappa shape index (κ2) is 5.20. The largest absolute Gasteiger partial charge is 0.352 e. The molecule has 1 saturated carbocycles. The van der Waals surface area contributed by atoms with Crippen molar-refractivity contribution in [2.45, 2.75) is 30.8 Å². The fourth-order valence-electron chi connectivity index (χ4n) is 4.33. The maximum absolute atomic E-state index is 13.0. The Morgan fingerprint density at radius 1 is 0.960 bits per heavy atom. The highest BCUT2D eigenvalue weighted by Crippen LogP contribution is 2.51. The molecular weight excluding hydrogens is 340 g/mol. The first-order chi connectivity index (χ1) is 12.1. The smallest absolute Gasteiger partial charge is 0.245 e. The molecule has 5 rings (SSSR count). The van der Waals surface area contributed by atoms with Crippen molar-refractivity contribution in [2.24, 2.45) is 0 Å². The lowest BCUT2D eigenvalue weighted by atomic mass is 9.95. The molecule has 1 aliphatic carbocycles. The van der Waals surface area contributed by atoms with Crippen LogP contribution in [0.15, 0.2) is 58.3 Å². The van der Waals surface area contributed by atoms with Gasteiger partial charge in [-0.25, -0.2) is 28.5 Å². The molecule has 3 aromatic rings. The molecule has 0 amide bonds. The summed E-state index contributed by atoms with van der Waals surface area (Å²) in [5.74, 6) is 0.179. The Balaban J connectivity index is 1.64. The summed E-state index contributed by atoms with van der Waals surface area (Å²) in [6.45, 7) is 0. The number of rotatable bonds is 2. The van der Waals surface area contributed by atoms with Crippen LogP contribution in [0.2, 0.25) is 5.15 Å². The number of fused-ring (bicyclic) bond motifs is 5. The van der Waals surface area contributed by atoms with E-state index in [1.807, 2.05) is 24.3 Å². The van der Waals surface area contributed by atoms with Gasteiger partial charge in [0.05, 0.1) is 17.8 Å². The van der Waals surface area contributed by atoms with Crippen LogP contribution in [0, 0.1) is 0 Å². The summed E-state index contributed by atoms with van der Waals surface area (Å²) in [4.78, 5) is 30.0. The third-order valence-corrected chi connectivity index (χ3v) is 5.59. The van der Waals surface area contributed by atoms with E-state index in [1.165, 1.54) is 4.57 Å². The van der Waals surface area contributed by atoms with Crippen LogP contribution in [-0.2, 0) is 0 Å². The van der Waals surface area contributed by atoms with Gasteiger partial charge in [-0.15, -0.1) is 0 Å². The maximum Gasteiger partial charge on any atom is 0.352 e. The summed E-state index contributed by atoms with van der Waals surface area (Å²) >= 11 is 5.88. The van der Waals surface area contributed by atoms with Gasteiger partial charge in [0.15, 0.2) is 0 Å². The average molecular weight is 355 g/mol. The van der Waals surface area contributed by atoms with Crippen molar-refractivity contribution in [1.29, 1.82) is 0 Å². The Kier molecular flexibility index (Phi) is 3.06. The van der Waals surface area contributed by atoms with Crippen molar-refractivity contribution >= 4 is 11.6 Å². The summed E-state index contributed by atoms with van der Waals surface area (Å²) in [5.41, 5.74) is 1.15. The minimum atomic E-state index is -0.268. The molecule has 2 aromatic heterocycles. The Bertz CT molecular complexity index is 1070. The summed E-state index contributed by atoms with van der Waals surface area (Å²) in [7, 11) is 0. The van der Waals surface area contributed by atoms with Gasteiger partial charge in [-0.2, -0.15) is 0 Å². The molecule has 3 heterocycles. The van der Waals surface area contributed by atoms with Gasteiger partial charge in [-0.1, -0.05) is 35.9 Å². The van der Waals surface area contributed by atoms with Crippen LogP contribution in [0.3, 0.4) is 0 Å². The lowest BCUT2D eigenvalue weighted by molar-refractivity contribution is 0.336. The Hall–Kier alpha value is -2.60. The van der Waals surface area contributed by atoms with Gasteiger partial charge < -0.3 is 0 Å². The standard InChI is InChI=1S/C18H15ClN4O2/c19-16-7-6-11(10-20-16)14-8-13-9-15(14)23-18(25)21(17(24)22(13)23)12-4-2-1-3-5-12/h1-7,10,13-15H,8-9H2/t13-,14+,15-/m0/s1. The van der Waals surface area contributed by atoms with Crippen molar-refractivity contribution < 1.29 is 0 Å². The SMILES string of the molecule is O=c1n(-c2ccccc2)c(=O)n2n1[C@H]1C[C@H](c3ccc(Cl)nc3)[C@@H]2C1. The van der Waals surface area contributed by atoms with E-state index in [1.54, 1.807) is 33.8 Å². The number of nitrogens with zero attached hydrogens (tertiary/aromatic N) is 4. The minimum Gasteiger partial charge on any atom is -0.245 e. The van der Waals surface area contributed by atoms with Crippen LogP contribution < -0.4 is 11.4 Å². The molecule has 25 heavy (non-hydrogen) atoms. The van der Waals surface area contributed by atoms with Crippen molar-refractivity contribution in [2.75, 3.05) is 0 Å². The molecule has 0 unspecified atom stereocenters. The fourth-order valence-corrected chi connectivity index (χ4v) is 4.44. The molecule has 1 fully saturated rings. The van der Waals surface area contributed by atoms with Crippen molar-refractivity contribution in [1.82, 2.24) is 18.9 Å². The molecule has 1 aliphatic heterocycles. The van der Waals surface area contributed by atoms with E-state index in [-0.39, 0.29) is 29.4 Å². The minimum absolute atomic E-state index is 0.0156. The average Bonchev–Trinajstić information content (AvgIpc) is 3.28. The molecule has 6 nitrogen and oxygen atoms in total. The van der Waals surface area contributed by atoms with Crippen molar-refractivity contribution in [3.63, 3.8) is 0 Å². The second-order valence-electron chi connectivity index (χ2n) is 6.64. The summed E-state index contributed by atoms with van der Waals surface area (Å²) < 4.78 is 4.55. The van der Waals surface area contributed by atoms with Crippen molar-refractivity contribution in [3.05, 3.63) is 80.3 Å². The monoisotopic (exact) mass is 354 g/mol. The molecule has 0 N–H and O–H groups in total. The number of pyridine rings is 1. The second-order valence-corrected chi connectivity index (χ2v) is 7.03. The number of hydrogen-bond acceptors (Lipinski definition) is 3. The molecule has 7 heteroatoms. The number of hydrogen-bond donors (Lipinski definition) is 0. The van der Waals surface area contributed by atoms with Crippen LogP contribution >= 0.6 is 11.6 Å². The number of benzene rings is 1. The Morgan fingerprint density at radius 2 is 1.72 bits per heavy atom. The lowest BCUT2D eigenvalue weighted by Gasteiger charge is -2.24. The van der Waals surface area contributed by atoms with Gasteiger partial charge in [0.25, 0.3) is 0 Å². The molecule has 126 valence electrons. The molecule has 1 aromatic carbocycles. The van der Waals surface area contributed by atoms with Crippen LogP contribution in [0.1, 0.15) is 36.4 Å². The van der Waals surface area contributed by atoms with E-state index in [2.05, 4.69) is 4.98 Å². The van der Waals surface area contributed by atoms with Crippen LogP contribution in [0.5, 0.6) is 0 Å². The zero-order valence-corrected chi connectivity index (χ0v) is 14.0. The Morgan fingerprint density at radius 3 is 2.44 bits per heavy atom. The number of aromatic nitrogens is 4. The molecular formula is C18H15ClN4O2. The van der Waals surface area contributed by atoms with E-state index in [4.69, 9.17) is 11.6 Å². The van der Waals surface area contributed by atoms with Gasteiger partial charge in [0.2, 0.25) is 0 Å². The molecule has 2 bridgehead atoms. The number of para-hydroxylation sites is 1.